The highest BCUT2D eigenvalue weighted by Gasteiger charge is 2.51. The monoisotopic (exact) mass is 1450 g/mol. The lowest BCUT2D eigenvalue weighted by molar-refractivity contribution is -0.333. The Morgan fingerprint density at radius 2 is 1.39 bits per heavy atom. The van der Waals surface area contributed by atoms with Crippen molar-refractivity contribution in [2.75, 3.05) is 6.61 Å². The first kappa shape index (κ1) is 79.8. The van der Waals surface area contributed by atoms with Crippen LogP contribution in [0, 0.1) is 29.6 Å². The zero-order valence-corrected chi connectivity index (χ0v) is 58.6. The molecule has 556 valence electrons. The zero-order valence-electron chi connectivity index (χ0n) is 57.8. The Hall–Kier alpha value is -8.94. The van der Waals surface area contributed by atoms with Gasteiger partial charge in [-0.25, -0.2) is 0 Å². The van der Waals surface area contributed by atoms with E-state index in [9.17, 15) is 65.1 Å². The second-order valence-electron chi connectivity index (χ2n) is 27.9. The number of Topliss-reactive ketones (excluding diaryl/α,β-unsaturated/α-hetero) is 3. The van der Waals surface area contributed by atoms with E-state index in [2.05, 4.69) is 36.7 Å². The third kappa shape index (κ3) is 19.1. The van der Waals surface area contributed by atoms with Crippen LogP contribution in [0.15, 0.2) is 84.9 Å². The largest absolute Gasteiger partial charge is 0.508 e. The maximum absolute atomic E-state index is 16.1. The fraction of sp³-hybridized carbons (Fsp3) is 0.479. The molecule has 29 nitrogen and oxygen atoms in total. The summed E-state index contributed by atoms with van der Waals surface area (Å²) >= 11 is 7.08. The number of aliphatic hydroxyl groups excluding tert-OH is 6. The van der Waals surface area contributed by atoms with Crippen LogP contribution in [0.1, 0.15) is 146 Å². The molecule has 5 unspecified atom stereocenters. The molecule has 0 saturated carbocycles. The number of benzene rings is 5. The fourth-order valence-electron chi connectivity index (χ4n) is 13.0. The number of aromatic hydroxyl groups is 3. The number of primary amides is 1. The van der Waals surface area contributed by atoms with E-state index in [1.54, 1.807) is 13.8 Å². The second-order valence-corrected chi connectivity index (χ2v) is 28.3. The zero-order chi connectivity index (χ0) is 75.8. The van der Waals surface area contributed by atoms with Gasteiger partial charge in [0.05, 0.1) is 41.8 Å². The molecule has 103 heavy (non-hydrogen) atoms. The van der Waals surface area contributed by atoms with Gasteiger partial charge in [-0.2, -0.15) is 9.59 Å². The molecule has 5 aromatic carbocycles. The van der Waals surface area contributed by atoms with Crippen LogP contribution >= 0.6 is 11.6 Å². The third-order valence-corrected chi connectivity index (χ3v) is 18.5. The Balaban J connectivity index is 0.00000184. The Morgan fingerprint density at radius 1 is 0.748 bits per heavy atom. The molecule has 2 fully saturated rings. The first-order valence-corrected chi connectivity index (χ1v) is 33.9. The Morgan fingerprint density at radius 3 is 2.01 bits per heavy atom. The van der Waals surface area contributed by atoms with Crippen molar-refractivity contribution < 1.29 is 118 Å². The van der Waals surface area contributed by atoms with Crippen LogP contribution < -0.4 is 41.6 Å². The van der Waals surface area contributed by atoms with Crippen molar-refractivity contribution in [3.63, 3.8) is 0 Å². The number of fused-ring (bicyclic) bond motifs is 15. The van der Waals surface area contributed by atoms with Crippen molar-refractivity contribution in [3.05, 3.63) is 118 Å². The van der Waals surface area contributed by atoms with Gasteiger partial charge in [-0.15, -0.1) is 0 Å². The van der Waals surface area contributed by atoms with Crippen molar-refractivity contribution in [2.24, 2.45) is 41.1 Å². The summed E-state index contributed by atoms with van der Waals surface area (Å²) in [5.74, 6) is -14.8. The Bertz CT molecular complexity index is 3970. The molecular formula is C73H88ClN5O24. The van der Waals surface area contributed by atoms with Gasteiger partial charge < -0.3 is 102 Å². The number of amides is 4. The molecule has 30 heteroatoms. The molecule has 0 aromatic heterocycles. The standard InChI is InChI=1S/C68H78ClN5O22.C4H10.CO2/c1-28(2)14-29(3)64(88)74-56-46(80)18-35(21-52(70)82)65(89)73-55-34-19-49(61(50(20-34)93-48-13-9-33(58(56)84)17-42(48)69)96-67-62(60(86)59(85)51(27-75)94-67)95-53-25-68(5,71)63(87)30(4)91-53)92-38-10-6-31(7-11-38)57(83)41-24-44(78)39(23-47(55)81)32-8-12-43(77)40(16-32)54-36(26-72-66(41)90)15-37(76)22-45(54)79;1-4(2)3;2-1-3/h6-13,15-17,19-20,22,28-30,35,39,41,51,53,55-60,62-63,67,75-77,79,83-87H,14,18,21,23-27,71H2,1-5H3,(H2,70,82)(H,72,90)(H,73,89)(H,74,88);4H,1-3H3;/t29-,30+,35+,39-,41+,51?,53?,55-,56+,57-,58-,59?,60+,62+,63-,67?,68?;;/m1../s1. The smallest absolute Gasteiger partial charge is 0.373 e. The van der Waals surface area contributed by atoms with Crippen LogP contribution in [-0.2, 0) is 63.9 Å². The van der Waals surface area contributed by atoms with Crippen LogP contribution in [0.25, 0.3) is 11.1 Å². The lowest BCUT2D eigenvalue weighted by atomic mass is 9.80. The number of carbonyl (C=O) groups is 7. The van der Waals surface area contributed by atoms with Gasteiger partial charge in [0.25, 0.3) is 0 Å². The van der Waals surface area contributed by atoms with Crippen molar-refractivity contribution in [1.82, 2.24) is 16.0 Å². The summed E-state index contributed by atoms with van der Waals surface area (Å²) in [5.41, 5.74) is 10.6. The lowest BCUT2D eigenvalue weighted by Gasteiger charge is -2.47. The molecule has 0 aliphatic carbocycles. The van der Waals surface area contributed by atoms with Gasteiger partial charge >= 0.3 is 6.15 Å². The molecule has 0 radical (unpaired) electrons. The first-order valence-electron chi connectivity index (χ1n) is 33.5. The molecule has 7 aliphatic heterocycles. The molecule has 7 aliphatic rings. The summed E-state index contributed by atoms with van der Waals surface area (Å²) in [7, 11) is 0. The Kier molecular flexibility index (Phi) is 26.4. The summed E-state index contributed by atoms with van der Waals surface area (Å²) < 4.78 is 38.6. The average Bonchev–Trinajstić information content (AvgIpc) is 0.775. The van der Waals surface area contributed by atoms with Gasteiger partial charge in [0, 0.05) is 73.2 Å². The van der Waals surface area contributed by atoms with E-state index in [-0.39, 0.29) is 74.0 Å². The highest BCUT2D eigenvalue weighted by Crippen LogP contribution is 2.50. The number of aliphatic hydroxyl groups is 6. The molecule has 11 bridgehead atoms. The number of carbonyl (C=O) groups excluding carboxylic acids is 9. The number of hydrogen-bond donors (Lipinski definition) is 14. The molecule has 16 N–H and O–H groups in total. The molecule has 17 atom stereocenters. The highest BCUT2D eigenvalue weighted by atomic mass is 35.5. The van der Waals surface area contributed by atoms with E-state index >= 15 is 14.4 Å². The van der Waals surface area contributed by atoms with E-state index in [1.165, 1.54) is 85.8 Å². The van der Waals surface area contributed by atoms with Crippen molar-refractivity contribution in [2.45, 2.75) is 185 Å². The molecule has 2 saturated heterocycles. The van der Waals surface area contributed by atoms with Gasteiger partial charge in [0.1, 0.15) is 71.0 Å². The molecule has 4 amide bonds. The molecule has 7 heterocycles. The molecule has 5 aromatic rings. The van der Waals surface area contributed by atoms with Crippen molar-refractivity contribution in [3.8, 4) is 57.1 Å². The number of hydrogen-bond acceptors (Lipinski definition) is 25. The summed E-state index contributed by atoms with van der Waals surface area (Å²) in [6, 6.07) is 13.7. The summed E-state index contributed by atoms with van der Waals surface area (Å²) in [6.07, 6.45) is -19.3. The van der Waals surface area contributed by atoms with Crippen LogP contribution in [0.3, 0.4) is 0 Å². The van der Waals surface area contributed by atoms with Crippen molar-refractivity contribution >= 4 is 58.7 Å². The summed E-state index contributed by atoms with van der Waals surface area (Å²) in [5, 5.41) is 111. The van der Waals surface area contributed by atoms with E-state index in [1.807, 2.05) is 13.8 Å². The Labute approximate surface area is 597 Å². The quantitative estimate of drug-likeness (QED) is 0.0825. The fourth-order valence-corrected chi connectivity index (χ4v) is 13.3. The molecular weight excluding hydrogens is 1370 g/mol. The minimum Gasteiger partial charge on any atom is -0.508 e. The van der Waals surface area contributed by atoms with Crippen molar-refractivity contribution in [1.29, 1.82) is 0 Å². The normalized spacial score (nSPS) is 28.3. The van der Waals surface area contributed by atoms with Gasteiger partial charge in [0.2, 0.25) is 35.7 Å². The maximum atomic E-state index is 16.1. The predicted octanol–water partition coefficient (Wildman–Crippen LogP) is 5.02. The highest BCUT2D eigenvalue weighted by molar-refractivity contribution is 6.32. The minimum atomic E-state index is -2.05. The van der Waals surface area contributed by atoms with Gasteiger partial charge in [-0.1, -0.05) is 77.4 Å². The minimum absolute atomic E-state index is 0.00154. The number of phenols is 3. The van der Waals surface area contributed by atoms with Crippen LogP contribution in [0.2, 0.25) is 5.02 Å². The molecule has 0 spiro atoms. The van der Waals surface area contributed by atoms with Crippen LogP contribution in [-0.4, -0.2) is 160 Å². The second kappa shape index (κ2) is 34.1. The first-order chi connectivity index (χ1) is 48.5. The third-order valence-electron chi connectivity index (χ3n) is 18.2. The number of halogens is 1. The summed E-state index contributed by atoms with van der Waals surface area (Å²) in [6.45, 7) is 13.6. The van der Waals surface area contributed by atoms with E-state index < -0.39 is 217 Å². The van der Waals surface area contributed by atoms with E-state index in [0.717, 1.165) is 12.0 Å². The van der Waals surface area contributed by atoms with Crippen LogP contribution in [0.5, 0.6) is 46.0 Å². The number of ketones is 3. The SMILES string of the molecule is CC(C)C.CC(C)C[C@@H](C)C(=O)N[C@H]1C(=O)C[C@@H](CC(N)=O)C(=O)N[C@H]2C(=O)C[C@H]3C(=O)C[C@H](C(=O)NCc4cc(O)cc(O)c4-c4cc3ccc4O)[C@H](O)c3ccc(cc3)Oc3cc2cc(c3OC2OC(CO)C(O)[C@H](O)[C@@H]2OC2CC(C)(N)[C@H](O)[C@H](C)O2)Oc2ccc(cc2Cl)[C@H]1O.O=C=O. The average molecular weight is 1450 g/mol. The number of nitrogens with two attached hydrogens (primary N) is 2. The number of ether oxygens (including phenoxy) is 6. The topological polar surface area (TPSA) is 479 Å². The van der Waals surface area contributed by atoms with E-state index in [4.69, 9.17) is 61.1 Å². The van der Waals surface area contributed by atoms with Gasteiger partial charge in [0.15, 0.2) is 35.5 Å². The van der Waals surface area contributed by atoms with E-state index in [0.29, 0.717) is 6.42 Å². The van der Waals surface area contributed by atoms with Crippen LogP contribution in [0.4, 0.5) is 0 Å². The number of nitrogens with one attached hydrogen (secondary N) is 3. The summed E-state index contributed by atoms with van der Waals surface area (Å²) in [4.78, 5) is 120. The van der Waals surface area contributed by atoms with Gasteiger partial charge in [-0.3, -0.25) is 33.6 Å². The molecule has 12 rings (SSSR count). The maximum Gasteiger partial charge on any atom is 0.373 e. The lowest BCUT2D eigenvalue weighted by Crippen LogP contribution is -2.64. The number of rotatable bonds is 11. The number of phenolic OH excluding ortho intramolecular Hbond substituents is 3. The predicted molar refractivity (Wildman–Crippen MR) is 363 cm³/mol. The van der Waals surface area contributed by atoms with Gasteiger partial charge in [-0.05, 0) is 115 Å².